The van der Waals surface area contributed by atoms with Crippen LogP contribution in [0, 0.1) is 0 Å². The minimum atomic E-state index is -0.356. The van der Waals surface area contributed by atoms with Crippen LogP contribution in [0.3, 0.4) is 0 Å². The van der Waals surface area contributed by atoms with Gasteiger partial charge < -0.3 is 10.5 Å². The van der Waals surface area contributed by atoms with Crippen LogP contribution < -0.4 is 5.73 Å². The topological polar surface area (TPSA) is 53.1 Å². The molecule has 16 heavy (non-hydrogen) atoms. The van der Waals surface area contributed by atoms with Gasteiger partial charge in [-0.1, -0.05) is 6.92 Å². The molecule has 0 aliphatic heterocycles. The highest BCUT2D eigenvalue weighted by atomic mass is 79.9. The van der Waals surface area contributed by atoms with Crippen molar-refractivity contribution in [3.8, 4) is 0 Å². The van der Waals surface area contributed by atoms with Crippen LogP contribution in [0.25, 0.3) is 0 Å². The van der Waals surface area contributed by atoms with E-state index in [0.717, 1.165) is 16.6 Å². The summed E-state index contributed by atoms with van der Waals surface area (Å²) in [5.74, 6) is 0. The summed E-state index contributed by atoms with van der Waals surface area (Å²) in [5, 5.41) is 4.18. The lowest BCUT2D eigenvalue weighted by Crippen LogP contribution is -2.41. The molecule has 0 aliphatic rings. The van der Waals surface area contributed by atoms with Crippen LogP contribution in [0.2, 0.25) is 0 Å². The first-order valence-electron chi connectivity index (χ1n) is 5.53. The van der Waals surface area contributed by atoms with Crippen LogP contribution in [0.15, 0.2) is 10.7 Å². The number of hydrogen-bond acceptors (Lipinski definition) is 3. The normalized spacial score (nSPS) is 17.1. The minimum absolute atomic E-state index is 0.195. The van der Waals surface area contributed by atoms with Crippen molar-refractivity contribution in [2.45, 2.75) is 38.8 Å². The van der Waals surface area contributed by atoms with Gasteiger partial charge in [-0.3, -0.25) is 4.68 Å². The minimum Gasteiger partial charge on any atom is -0.374 e. The van der Waals surface area contributed by atoms with Crippen molar-refractivity contribution in [1.82, 2.24) is 9.78 Å². The summed E-state index contributed by atoms with van der Waals surface area (Å²) in [6.07, 6.45) is 2.62. The van der Waals surface area contributed by atoms with Crippen LogP contribution in [-0.2, 0) is 11.8 Å². The van der Waals surface area contributed by atoms with Gasteiger partial charge in [-0.25, -0.2) is 0 Å². The molecule has 2 unspecified atom stereocenters. The number of halogens is 1. The van der Waals surface area contributed by atoms with Crippen LogP contribution in [-0.4, -0.2) is 22.0 Å². The Morgan fingerprint density at radius 1 is 1.62 bits per heavy atom. The summed E-state index contributed by atoms with van der Waals surface area (Å²) in [4.78, 5) is 0. The first-order chi connectivity index (χ1) is 7.46. The Labute approximate surface area is 105 Å². The number of aromatic nitrogens is 2. The fourth-order valence-corrected chi connectivity index (χ4v) is 2.40. The molecule has 1 heterocycles. The standard InChI is InChI=1S/C11H20BrN3O/c1-5-11(3,16-6-2)10(13)9-8(12)7-14-15(9)4/h7,10H,5-6,13H2,1-4H3. The summed E-state index contributed by atoms with van der Waals surface area (Å²) in [7, 11) is 1.89. The van der Waals surface area contributed by atoms with Crippen molar-refractivity contribution >= 4 is 15.9 Å². The van der Waals surface area contributed by atoms with Crippen LogP contribution in [0.1, 0.15) is 38.9 Å². The Morgan fingerprint density at radius 2 is 2.25 bits per heavy atom. The zero-order chi connectivity index (χ0) is 12.3. The van der Waals surface area contributed by atoms with Crippen LogP contribution >= 0.6 is 15.9 Å². The molecule has 5 heteroatoms. The quantitative estimate of drug-likeness (QED) is 0.906. The summed E-state index contributed by atoms with van der Waals surface area (Å²) in [6, 6.07) is -0.195. The van der Waals surface area contributed by atoms with Crippen molar-refractivity contribution < 1.29 is 4.74 Å². The SMILES string of the molecule is CCOC(C)(CC)C(N)c1c(Br)cnn1C. The predicted molar refractivity (Wildman–Crippen MR) is 68.2 cm³/mol. The number of ether oxygens (including phenoxy) is 1. The Hall–Kier alpha value is -0.390. The summed E-state index contributed by atoms with van der Waals surface area (Å²) >= 11 is 3.47. The summed E-state index contributed by atoms with van der Waals surface area (Å²) in [5.41, 5.74) is 6.91. The predicted octanol–water partition coefficient (Wildman–Crippen LogP) is 2.39. The van der Waals surface area contributed by atoms with E-state index >= 15 is 0 Å². The lowest BCUT2D eigenvalue weighted by Gasteiger charge is -2.34. The monoisotopic (exact) mass is 289 g/mol. The van der Waals surface area contributed by atoms with Crippen molar-refractivity contribution in [2.75, 3.05) is 6.61 Å². The van der Waals surface area contributed by atoms with Crippen molar-refractivity contribution in [3.05, 3.63) is 16.4 Å². The van der Waals surface area contributed by atoms with Gasteiger partial charge in [-0.15, -0.1) is 0 Å². The van der Waals surface area contributed by atoms with Crippen molar-refractivity contribution in [3.63, 3.8) is 0 Å². The second kappa shape index (κ2) is 5.29. The summed E-state index contributed by atoms with van der Waals surface area (Å²) < 4.78 is 8.51. The number of rotatable bonds is 5. The van der Waals surface area contributed by atoms with E-state index in [1.54, 1.807) is 10.9 Å². The van der Waals surface area contributed by atoms with Gasteiger partial charge in [0.25, 0.3) is 0 Å². The number of nitrogens with zero attached hydrogens (tertiary/aromatic N) is 2. The van der Waals surface area contributed by atoms with E-state index in [4.69, 9.17) is 10.5 Å². The largest absolute Gasteiger partial charge is 0.374 e. The van der Waals surface area contributed by atoms with Gasteiger partial charge >= 0.3 is 0 Å². The maximum absolute atomic E-state index is 6.30. The molecule has 0 spiro atoms. The molecule has 0 bridgehead atoms. The van der Waals surface area contributed by atoms with Crippen molar-refractivity contribution in [1.29, 1.82) is 0 Å². The average molecular weight is 290 g/mol. The fraction of sp³-hybridized carbons (Fsp3) is 0.727. The summed E-state index contributed by atoms with van der Waals surface area (Å²) in [6.45, 7) is 6.77. The number of nitrogens with two attached hydrogens (primary N) is 1. The highest BCUT2D eigenvalue weighted by Crippen LogP contribution is 2.33. The lowest BCUT2D eigenvalue weighted by molar-refractivity contribution is -0.0489. The zero-order valence-corrected chi connectivity index (χ0v) is 11.9. The average Bonchev–Trinajstić information content (AvgIpc) is 2.58. The molecule has 92 valence electrons. The highest BCUT2D eigenvalue weighted by molar-refractivity contribution is 9.10. The molecule has 0 saturated carbocycles. The lowest BCUT2D eigenvalue weighted by atomic mass is 9.91. The third-order valence-electron chi connectivity index (χ3n) is 3.07. The molecule has 0 radical (unpaired) electrons. The van der Waals surface area contributed by atoms with E-state index in [2.05, 4.69) is 28.0 Å². The molecular formula is C11H20BrN3O. The molecular weight excluding hydrogens is 270 g/mol. The molecule has 0 aromatic carbocycles. The van der Waals surface area contributed by atoms with Crippen molar-refractivity contribution in [2.24, 2.45) is 12.8 Å². The number of hydrogen-bond donors (Lipinski definition) is 1. The first kappa shape index (κ1) is 13.7. The Morgan fingerprint density at radius 3 is 2.62 bits per heavy atom. The first-order valence-corrected chi connectivity index (χ1v) is 6.32. The molecule has 4 nitrogen and oxygen atoms in total. The second-order valence-corrected chi connectivity index (χ2v) is 4.93. The maximum atomic E-state index is 6.30. The van der Waals surface area contributed by atoms with Gasteiger partial charge in [0.1, 0.15) is 0 Å². The molecule has 0 saturated heterocycles. The smallest absolute Gasteiger partial charge is 0.0859 e. The van der Waals surface area contributed by atoms with Gasteiger partial charge in [0.2, 0.25) is 0 Å². The Kier molecular flexibility index (Phi) is 4.52. The third kappa shape index (κ3) is 2.47. The molecule has 1 rings (SSSR count). The molecule has 1 aromatic heterocycles. The molecule has 2 atom stereocenters. The zero-order valence-electron chi connectivity index (χ0n) is 10.3. The third-order valence-corrected chi connectivity index (χ3v) is 3.68. The van der Waals surface area contributed by atoms with Crippen LogP contribution in [0.4, 0.5) is 0 Å². The van der Waals surface area contributed by atoms with E-state index in [1.165, 1.54) is 0 Å². The number of aryl methyl sites for hydroxylation is 1. The van der Waals surface area contributed by atoms with Crippen LogP contribution in [0.5, 0.6) is 0 Å². The van der Waals surface area contributed by atoms with E-state index in [0.29, 0.717) is 6.61 Å². The van der Waals surface area contributed by atoms with E-state index in [9.17, 15) is 0 Å². The van der Waals surface area contributed by atoms with E-state index in [-0.39, 0.29) is 11.6 Å². The van der Waals surface area contributed by atoms with Gasteiger partial charge in [-0.2, -0.15) is 5.10 Å². The molecule has 2 N–H and O–H groups in total. The van der Waals surface area contributed by atoms with E-state index < -0.39 is 0 Å². The molecule has 0 amide bonds. The fourth-order valence-electron chi connectivity index (χ4n) is 1.80. The molecule has 1 aromatic rings. The van der Waals surface area contributed by atoms with Gasteiger partial charge in [0.05, 0.1) is 28.0 Å². The second-order valence-electron chi connectivity index (χ2n) is 4.08. The van der Waals surface area contributed by atoms with Gasteiger partial charge in [0.15, 0.2) is 0 Å². The van der Waals surface area contributed by atoms with Gasteiger partial charge in [-0.05, 0) is 36.2 Å². The van der Waals surface area contributed by atoms with E-state index in [1.807, 2.05) is 20.9 Å². The molecule has 0 fully saturated rings. The van der Waals surface area contributed by atoms with Gasteiger partial charge in [0, 0.05) is 13.7 Å². The Bertz CT molecular complexity index is 333. The molecule has 0 aliphatic carbocycles. The maximum Gasteiger partial charge on any atom is 0.0859 e. The highest BCUT2D eigenvalue weighted by Gasteiger charge is 2.34. The Balaban J connectivity index is 3.04.